The number of thiophene rings is 1. The summed E-state index contributed by atoms with van der Waals surface area (Å²) < 4.78 is 13.4. The summed E-state index contributed by atoms with van der Waals surface area (Å²) in [6, 6.07) is 8.28. The minimum atomic E-state index is -0.298. The summed E-state index contributed by atoms with van der Waals surface area (Å²) in [6.45, 7) is 6.92. The SMILES string of the molecule is CC[C@H](C)N(CC(=O)N(Cc1ccc(F)cc1)Cc1sccc1C)C(=O)NC1CCCCC1. The van der Waals surface area contributed by atoms with Crippen molar-refractivity contribution in [3.8, 4) is 0 Å². The number of hydrogen-bond acceptors (Lipinski definition) is 3. The second kappa shape index (κ2) is 12.2. The molecule has 2 aromatic rings. The third kappa shape index (κ3) is 7.29. The van der Waals surface area contributed by atoms with Gasteiger partial charge in [-0.05, 0) is 67.8 Å². The van der Waals surface area contributed by atoms with E-state index >= 15 is 0 Å². The van der Waals surface area contributed by atoms with Crippen LogP contribution in [0.3, 0.4) is 0 Å². The van der Waals surface area contributed by atoms with E-state index in [1.165, 1.54) is 18.6 Å². The number of rotatable bonds is 9. The summed E-state index contributed by atoms with van der Waals surface area (Å²) in [4.78, 5) is 31.2. The van der Waals surface area contributed by atoms with Crippen molar-refractivity contribution >= 4 is 23.3 Å². The van der Waals surface area contributed by atoms with Gasteiger partial charge in [0.2, 0.25) is 5.91 Å². The number of amides is 3. The number of urea groups is 1. The zero-order valence-corrected chi connectivity index (χ0v) is 20.8. The number of carbonyl (C=O) groups excluding carboxylic acids is 2. The van der Waals surface area contributed by atoms with E-state index in [9.17, 15) is 14.0 Å². The van der Waals surface area contributed by atoms with E-state index in [4.69, 9.17) is 0 Å². The van der Waals surface area contributed by atoms with Crippen molar-refractivity contribution in [2.45, 2.75) is 84.5 Å². The molecule has 7 heteroatoms. The average molecular weight is 474 g/mol. The van der Waals surface area contributed by atoms with E-state index < -0.39 is 0 Å². The molecule has 1 aliphatic carbocycles. The second-order valence-electron chi connectivity index (χ2n) is 9.07. The van der Waals surface area contributed by atoms with Crippen LogP contribution in [0.1, 0.15) is 68.4 Å². The lowest BCUT2D eigenvalue weighted by molar-refractivity contribution is -0.133. The van der Waals surface area contributed by atoms with Gasteiger partial charge in [0.15, 0.2) is 0 Å². The third-order valence-corrected chi connectivity index (χ3v) is 7.57. The Balaban J connectivity index is 1.75. The molecular formula is C26H36FN3O2S. The van der Waals surface area contributed by atoms with Gasteiger partial charge >= 0.3 is 6.03 Å². The van der Waals surface area contributed by atoms with Crippen molar-refractivity contribution in [2.24, 2.45) is 0 Å². The van der Waals surface area contributed by atoms with Crippen LogP contribution in [0.25, 0.3) is 0 Å². The minimum absolute atomic E-state index is 0.0270. The van der Waals surface area contributed by atoms with Gasteiger partial charge in [-0.2, -0.15) is 0 Å². The number of nitrogens with zero attached hydrogens (tertiary/aromatic N) is 2. The van der Waals surface area contributed by atoms with Gasteiger partial charge in [-0.25, -0.2) is 9.18 Å². The van der Waals surface area contributed by atoms with Crippen LogP contribution in [0, 0.1) is 12.7 Å². The van der Waals surface area contributed by atoms with Crippen molar-refractivity contribution in [1.82, 2.24) is 15.1 Å². The summed E-state index contributed by atoms with van der Waals surface area (Å²) in [5.74, 6) is -0.403. The lowest BCUT2D eigenvalue weighted by Gasteiger charge is -2.33. The van der Waals surface area contributed by atoms with Gasteiger partial charge < -0.3 is 15.1 Å². The molecule has 33 heavy (non-hydrogen) atoms. The fraction of sp³-hybridized carbons (Fsp3) is 0.538. The van der Waals surface area contributed by atoms with Crippen LogP contribution in [0.4, 0.5) is 9.18 Å². The first kappa shape index (κ1) is 25.2. The molecular weight excluding hydrogens is 437 g/mol. The van der Waals surface area contributed by atoms with Crippen LogP contribution in [-0.4, -0.2) is 40.4 Å². The number of hydrogen-bond donors (Lipinski definition) is 1. The smallest absolute Gasteiger partial charge is 0.318 e. The maximum Gasteiger partial charge on any atom is 0.318 e. The maximum absolute atomic E-state index is 13.5. The number of carbonyl (C=O) groups is 2. The summed E-state index contributed by atoms with van der Waals surface area (Å²) in [6.07, 6.45) is 6.27. The minimum Gasteiger partial charge on any atom is -0.335 e. The van der Waals surface area contributed by atoms with Gasteiger partial charge in [0.25, 0.3) is 0 Å². The van der Waals surface area contributed by atoms with Crippen molar-refractivity contribution in [1.29, 1.82) is 0 Å². The fourth-order valence-corrected chi connectivity index (χ4v) is 5.10. The van der Waals surface area contributed by atoms with Crippen LogP contribution in [-0.2, 0) is 17.9 Å². The van der Waals surface area contributed by atoms with E-state index in [1.54, 1.807) is 33.3 Å². The standard InChI is InChI=1S/C26H36FN3O2S/c1-4-20(3)30(26(32)28-23-8-6-5-7-9-23)18-25(31)29(17-24-19(2)14-15-33-24)16-21-10-12-22(27)13-11-21/h10-15,20,23H,4-9,16-18H2,1-3H3,(H,28,32)/t20-/m0/s1. The molecule has 1 atom stereocenters. The van der Waals surface area contributed by atoms with Crippen molar-refractivity contribution in [2.75, 3.05) is 6.54 Å². The molecule has 1 aromatic carbocycles. The number of aryl methyl sites for hydroxylation is 1. The summed E-state index contributed by atoms with van der Waals surface area (Å²) in [5, 5.41) is 5.19. The zero-order chi connectivity index (χ0) is 23.8. The molecule has 0 radical (unpaired) electrons. The normalized spacial score (nSPS) is 15.2. The van der Waals surface area contributed by atoms with Crippen molar-refractivity contribution in [3.63, 3.8) is 0 Å². The molecule has 1 heterocycles. The van der Waals surface area contributed by atoms with Crippen LogP contribution in [0.2, 0.25) is 0 Å². The van der Waals surface area contributed by atoms with Crippen LogP contribution >= 0.6 is 11.3 Å². The van der Waals surface area contributed by atoms with Gasteiger partial charge in [-0.15, -0.1) is 11.3 Å². The lowest BCUT2D eigenvalue weighted by atomic mass is 9.96. The van der Waals surface area contributed by atoms with E-state index in [0.29, 0.717) is 13.1 Å². The first-order valence-electron chi connectivity index (χ1n) is 12.0. The van der Waals surface area contributed by atoms with Gasteiger partial charge in [-0.3, -0.25) is 4.79 Å². The quantitative estimate of drug-likeness (QED) is 0.495. The predicted octanol–water partition coefficient (Wildman–Crippen LogP) is 5.87. The van der Waals surface area contributed by atoms with E-state index in [2.05, 4.69) is 5.32 Å². The Hall–Kier alpha value is -2.41. The highest BCUT2D eigenvalue weighted by Crippen LogP contribution is 2.21. The van der Waals surface area contributed by atoms with Crippen LogP contribution in [0.15, 0.2) is 35.7 Å². The Bertz CT molecular complexity index is 909. The predicted molar refractivity (Wildman–Crippen MR) is 132 cm³/mol. The van der Waals surface area contributed by atoms with Crippen LogP contribution in [0.5, 0.6) is 0 Å². The molecule has 0 spiro atoms. The van der Waals surface area contributed by atoms with Crippen molar-refractivity contribution in [3.05, 3.63) is 57.5 Å². The number of nitrogens with one attached hydrogen (secondary N) is 1. The van der Waals surface area contributed by atoms with Gasteiger partial charge in [0.05, 0.1) is 6.54 Å². The zero-order valence-electron chi connectivity index (χ0n) is 20.0. The molecule has 0 unspecified atom stereocenters. The van der Waals surface area contributed by atoms with E-state index in [0.717, 1.165) is 48.1 Å². The lowest BCUT2D eigenvalue weighted by Crippen LogP contribution is -2.52. The molecule has 1 N–H and O–H groups in total. The Kier molecular flexibility index (Phi) is 9.30. The molecule has 1 saturated carbocycles. The average Bonchev–Trinajstić information content (AvgIpc) is 3.22. The highest BCUT2D eigenvalue weighted by Gasteiger charge is 2.27. The summed E-state index contributed by atoms with van der Waals surface area (Å²) in [7, 11) is 0. The molecule has 0 bridgehead atoms. The summed E-state index contributed by atoms with van der Waals surface area (Å²) in [5.41, 5.74) is 2.01. The Morgan fingerprint density at radius 2 is 1.82 bits per heavy atom. The first-order valence-corrected chi connectivity index (χ1v) is 12.9. The molecule has 0 saturated heterocycles. The monoisotopic (exact) mass is 473 g/mol. The van der Waals surface area contributed by atoms with E-state index in [-0.39, 0.29) is 36.4 Å². The molecule has 1 fully saturated rings. The van der Waals surface area contributed by atoms with Crippen molar-refractivity contribution < 1.29 is 14.0 Å². The molecule has 180 valence electrons. The molecule has 1 aromatic heterocycles. The molecule has 1 aliphatic rings. The third-order valence-electron chi connectivity index (χ3n) is 6.56. The van der Waals surface area contributed by atoms with Crippen LogP contribution < -0.4 is 5.32 Å². The second-order valence-corrected chi connectivity index (χ2v) is 10.1. The van der Waals surface area contributed by atoms with Gasteiger partial charge in [0.1, 0.15) is 12.4 Å². The number of benzene rings is 1. The van der Waals surface area contributed by atoms with Gasteiger partial charge in [0, 0.05) is 23.5 Å². The largest absolute Gasteiger partial charge is 0.335 e. The Morgan fingerprint density at radius 3 is 2.42 bits per heavy atom. The van der Waals surface area contributed by atoms with E-state index in [1.807, 2.05) is 32.2 Å². The molecule has 0 aliphatic heterocycles. The Labute approximate surface area is 201 Å². The first-order chi connectivity index (χ1) is 15.9. The highest BCUT2D eigenvalue weighted by atomic mass is 32.1. The molecule has 3 rings (SSSR count). The Morgan fingerprint density at radius 1 is 1.12 bits per heavy atom. The molecule has 5 nitrogen and oxygen atoms in total. The maximum atomic E-state index is 13.5. The summed E-state index contributed by atoms with van der Waals surface area (Å²) >= 11 is 1.62. The topological polar surface area (TPSA) is 52.7 Å². The van der Waals surface area contributed by atoms with Gasteiger partial charge in [-0.1, -0.05) is 38.3 Å². The molecule has 3 amide bonds. The highest BCUT2D eigenvalue weighted by molar-refractivity contribution is 7.10. The fourth-order valence-electron chi connectivity index (χ4n) is 4.18. The number of halogens is 1.